The van der Waals surface area contributed by atoms with Crippen LogP contribution in [0.5, 0.6) is 0 Å². The average molecular weight is 453 g/mol. The van der Waals surface area contributed by atoms with Gasteiger partial charge < -0.3 is 24.4 Å². The Morgan fingerprint density at radius 3 is 2.69 bits per heavy atom. The number of carbonyl (C=O) groups excluding carboxylic acids is 1. The molecule has 7 heteroatoms. The van der Waals surface area contributed by atoms with Crippen molar-refractivity contribution in [3.05, 3.63) is 11.6 Å². The molecule has 5 aliphatic rings. The van der Waals surface area contributed by atoms with Gasteiger partial charge in [0.1, 0.15) is 18.4 Å². The zero-order valence-electron chi connectivity index (χ0n) is 19.4. The van der Waals surface area contributed by atoms with Crippen LogP contribution in [0, 0.1) is 28.6 Å². The molecule has 0 aromatic carbocycles. The number of hydrogen-bond acceptors (Lipinski definition) is 6. The maximum Gasteiger partial charge on any atom is 0.302 e. The van der Waals surface area contributed by atoms with E-state index in [1.165, 1.54) is 12.5 Å². The summed E-state index contributed by atoms with van der Waals surface area (Å²) in [6, 6.07) is 0. The zero-order chi connectivity index (χ0) is 22.9. The van der Waals surface area contributed by atoms with Gasteiger partial charge in [0.2, 0.25) is 0 Å². The summed E-state index contributed by atoms with van der Waals surface area (Å²) in [4.78, 5) is 11.2. The largest absolute Gasteiger partial charge is 0.462 e. The first-order chi connectivity index (χ1) is 15.0. The number of aliphatic hydroxyl groups is 2. The number of ether oxygens (including phenoxy) is 3. The van der Waals surface area contributed by atoms with Crippen LogP contribution in [-0.2, 0) is 19.0 Å². The minimum atomic E-state index is -1.57. The molecule has 0 aromatic rings. The maximum absolute atomic E-state index is 15.9. The SMILES string of the molecule is CC(=O)OC/C=C1/CC[C@@H]2[C@@H]3C[C@H](F)[C@@]4(O)CC5(CC[C@]4(C)[C@@H]3[C@H](O)C[C@@]12C)OCCO5. The summed E-state index contributed by atoms with van der Waals surface area (Å²) in [6.45, 7) is 6.74. The highest BCUT2D eigenvalue weighted by Crippen LogP contribution is 2.69. The van der Waals surface area contributed by atoms with Crippen molar-refractivity contribution >= 4 is 5.97 Å². The summed E-state index contributed by atoms with van der Waals surface area (Å²) in [5.41, 5.74) is -1.34. The fraction of sp³-hybridized carbons (Fsp3) is 0.880. The molecular weight excluding hydrogens is 415 g/mol. The molecule has 8 atom stereocenters. The number of rotatable bonds is 2. The number of fused-ring (bicyclic) bond motifs is 5. The van der Waals surface area contributed by atoms with Gasteiger partial charge in [-0.15, -0.1) is 0 Å². The van der Waals surface area contributed by atoms with Gasteiger partial charge in [0.05, 0.1) is 19.3 Å². The van der Waals surface area contributed by atoms with Gasteiger partial charge in [-0.2, -0.15) is 0 Å². The number of allylic oxidation sites excluding steroid dienone is 1. The molecule has 1 saturated heterocycles. The van der Waals surface area contributed by atoms with Crippen LogP contribution in [0.25, 0.3) is 0 Å². The second-order valence-corrected chi connectivity index (χ2v) is 11.4. The van der Waals surface area contributed by atoms with E-state index in [4.69, 9.17) is 14.2 Å². The van der Waals surface area contributed by atoms with Gasteiger partial charge in [-0.25, -0.2) is 4.39 Å². The lowest BCUT2D eigenvalue weighted by Gasteiger charge is -2.66. The molecule has 0 bridgehead atoms. The number of aliphatic hydroxyl groups excluding tert-OH is 1. The third kappa shape index (κ3) is 3.07. The topological polar surface area (TPSA) is 85.2 Å². The first-order valence-electron chi connectivity index (χ1n) is 12.2. The highest BCUT2D eigenvalue weighted by molar-refractivity contribution is 5.66. The van der Waals surface area contributed by atoms with Crippen LogP contribution in [-0.4, -0.2) is 59.7 Å². The predicted molar refractivity (Wildman–Crippen MR) is 114 cm³/mol. The third-order valence-electron chi connectivity index (χ3n) is 10.0. The van der Waals surface area contributed by atoms with Gasteiger partial charge in [-0.1, -0.05) is 19.4 Å². The van der Waals surface area contributed by atoms with E-state index in [0.717, 1.165) is 12.8 Å². The average Bonchev–Trinajstić information content (AvgIpc) is 3.29. The lowest BCUT2D eigenvalue weighted by Crippen LogP contribution is -2.71. The predicted octanol–water partition coefficient (Wildman–Crippen LogP) is 3.30. The van der Waals surface area contributed by atoms with E-state index in [0.29, 0.717) is 32.5 Å². The molecular formula is C25H37FO6. The molecule has 4 aliphatic carbocycles. The molecule has 6 nitrogen and oxygen atoms in total. The summed E-state index contributed by atoms with van der Waals surface area (Å²) in [6.07, 6.45) is 3.94. The molecule has 1 spiro atoms. The first-order valence-corrected chi connectivity index (χ1v) is 12.2. The Bertz CT molecular complexity index is 808. The van der Waals surface area contributed by atoms with Crippen molar-refractivity contribution in [3.63, 3.8) is 0 Å². The van der Waals surface area contributed by atoms with Gasteiger partial charge in [0, 0.05) is 25.2 Å². The number of alkyl halides is 1. The number of esters is 1. The standard InChI is InChI=1S/C25H37FO6/c1-15(27)30-9-6-16-4-5-18-17-12-20(26)25(29)14-24(31-10-11-32-24)8-7-23(25,3)21(17)19(28)13-22(16,18)2/h6,17-21,28-29H,4-5,7-14H2,1-3H3/b16-6-/t17-,18+,19+,20-,21-,22-,23+,25-/m0/s1. The van der Waals surface area contributed by atoms with Crippen LogP contribution in [0.2, 0.25) is 0 Å². The van der Waals surface area contributed by atoms with Gasteiger partial charge >= 0.3 is 5.97 Å². The fourth-order valence-corrected chi connectivity index (χ4v) is 8.49. The molecule has 0 aromatic heterocycles. The Labute approximate surface area is 189 Å². The van der Waals surface area contributed by atoms with E-state index in [1.807, 2.05) is 13.0 Å². The smallest absolute Gasteiger partial charge is 0.302 e. The fourth-order valence-electron chi connectivity index (χ4n) is 8.49. The van der Waals surface area contributed by atoms with Crippen LogP contribution in [0.15, 0.2) is 11.6 Å². The van der Waals surface area contributed by atoms with E-state index in [2.05, 4.69) is 6.92 Å². The van der Waals surface area contributed by atoms with Crippen molar-refractivity contribution in [2.75, 3.05) is 19.8 Å². The van der Waals surface area contributed by atoms with Crippen molar-refractivity contribution in [3.8, 4) is 0 Å². The second kappa shape index (κ2) is 7.49. The van der Waals surface area contributed by atoms with E-state index in [9.17, 15) is 15.0 Å². The van der Waals surface area contributed by atoms with Crippen LogP contribution < -0.4 is 0 Å². The second-order valence-electron chi connectivity index (χ2n) is 11.4. The van der Waals surface area contributed by atoms with Crippen LogP contribution in [0.1, 0.15) is 65.7 Å². The Kier molecular flexibility index (Phi) is 5.33. The molecule has 4 saturated carbocycles. The molecule has 0 radical (unpaired) electrons. The monoisotopic (exact) mass is 452 g/mol. The van der Waals surface area contributed by atoms with Gasteiger partial charge in [-0.05, 0) is 61.3 Å². The van der Waals surface area contributed by atoms with Crippen molar-refractivity contribution < 1.29 is 33.6 Å². The molecule has 180 valence electrons. The Morgan fingerprint density at radius 2 is 2.00 bits per heavy atom. The number of carbonyl (C=O) groups is 1. The van der Waals surface area contributed by atoms with E-state index >= 15 is 4.39 Å². The summed E-state index contributed by atoms with van der Waals surface area (Å²) < 4.78 is 32.8. The third-order valence-corrected chi connectivity index (χ3v) is 10.0. The lowest BCUT2D eigenvalue weighted by molar-refractivity contribution is -0.312. The van der Waals surface area contributed by atoms with Crippen LogP contribution in [0.4, 0.5) is 4.39 Å². The molecule has 2 N–H and O–H groups in total. The van der Waals surface area contributed by atoms with Gasteiger partial charge in [0.25, 0.3) is 0 Å². The summed E-state index contributed by atoms with van der Waals surface area (Å²) in [5, 5.41) is 23.3. The van der Waals surface area contributed by atoms with Crippen molar-refractivity contribution in [1.82, 2.24) is 0 Å². The molecule has 0 unspecified atom stereocenters. The number of hydrogen-bond donors (Lipinski definition) is 2. The highest BCUT2D eigenvalue weighted by atomic mass is 19.1. The molecule has 5 rings (SSSR count). The summed E-state index contributed by atoms with van der Waals surface area (Å²) in [7, 11) is 0. The van der Waals surface area contributed by atoms with E-state index in [-0.39, 0.29) is 48.6 Å². The van der Waals surface area contributed by atoms with E-state index in [1.54, 1.807) is 0 Å². The Hall–Kier alpha value is -1.02. The quantitative estimate of drug-likeness (QED) is 0.494. The number of halogens is 1. The lowest BCUT2D eigenvalue weighted by atomic mass is 9.42. The van der Waals surface area contributed by atoms with Gasteiger partial charge in [0.15, 0.2) is 5.79 Å². The minimum Gasteiger partial charge on any atom is -0.462 e. The Morgan fingerprint density at radius 1 is 1.28 bits per heavy atom. The Balaban J connectivity index is 1.45. The zero-order valence-corrected chi connectivity index (χ0v) is 19.4. The van der Waals surface area contributed by atoms with E-state index < -0.39 is 29.1 Å². The molecule has 0 amide bonds. The summed E-state index contributed by atoms with van der Waals surface area (Å²) >= 11 is 0. The van der Waals surface area contributed by atoms with Crippen molar-refractivity contribution in [2.45, 2.75) is 89.4 Å². The van der Waals surface area contributed by atoms with Gasteiger partial charge in [-0.3, -0.25) is 4.79 Å². The summed E-state index contributed by atoms with van der Waals surface area (Å²) in [5.74, 6) is -1.11. The molecule has 1 aliphatic heterocycles. The first kappa shape index (κ1) is 22.8. The molecule has 32 heavy (non-hydrogen) atoms. The van der Waals surface area contributed by atoms with Crippen molar-refractivity contribution in [2.24, 2.45) is 28.6 Å². The highest BCUT2D eigenvalue weighted by Gasteiger charge is 2.71. The minimum absolute atomic E-state index is 0.00288. The van der Waals surface area contributed by atoms with Crippen molar-refractivity contribution in [1.29, 1.82) is 0 Å². The van der Waals surface area contributed by atoms with Crippen LogP contribution >= 0.6 is 0 Å². The molecule has 1 heterocycles. The maximum atomic E-state index is 15.9. The van der Waals surface area contributed by atoms with Crippen LogP contribution in [0.3, 0.4) is 0 Å². The normalized spacial score (nSPS) is 50.7. The molecule has 5 fully saturated rings.